The first-order chi connectivity index (χ1) is 20.8. The summed E-state index contributed by atoms with van der Waals surface area (Å²) in [7, 11) is 0. The quantitative estimate of drug-likeness (QED) is 0.222. The summed E-state index contributed by atoms with van der Waals surface area (Å²) in [5.41, 5.74) is 13.7. The van der Waals surface area contributed by atoms with Crippen molar-refractivity contribution in [2.75, 3.05) is 0 Å². The van der Waals surface area contributed by atoms with Crippen molar-refractivity contribution in [3.63, 3.8) is 0 Å². The molecule has 1 fully saturated rings. The number of nitrogens with zero attached hydrogens (tertiary/aromatic N) is 2. The molecule has 5 aromatic carbocycles. The molecule has 1 aromatic heterocycles. The van der Waals surface area contributed by atoms with Gasteiger partial charge in [0, 0.05) is 22.1 Å². The maximum Gasteiger partial charge on any atom is 0.160 e. The molecule has 6 aromatic rings. The SMILES string of the molecule is c1ccc(-c2cc(-c3ccc(-c4cccc5c4-c4ccccc4C54CCCCC4)cc3)nc(-c3ccccc3)n2)cc1. The lowest BCUT2D eigenvalue weighted by molar-refractivity contribution is 0.353. The fourth-order valence-electron chi connectivity index (χ4n) is 7.33. The van der Waals surface area contributed by atoms with E-state index in [9.17, 15) is 0 Å². The van der Waals surface area contributed by atoms with Crippen LogP contribution in [0.2, 0.25) is 0 Å². The molecule has 0 unspecified atom stereocenters. The highest BCUT2D eigenvalue weighted by Crippen LogP contribution is 2.57. The number of aromatic nitrogens is 2. The van der Waals surface area contributed by atoms with Crippen LogP contribution in [0.5, 0.6) is 0 Å². The lowest BCUT2D eigenvalue weighted by Gasteiger charge is -2.36. The van der Waals surface area contributed by atoms with E-state index < -0.39 is 0 Å². The molecule has 0 N–H and O–H groups in total. The summed E-state index contributed by atoms with van der Waals surface area (Å²) >= 11 is 0. The van der Waals surface area contributed by atoms with Crippen LogP contribution in [0.3, 0.4) is 0 Å². The van der Waals surface area contributed by atoms with Gasteiger partial charge in [0.15, 0.2) is 5.82 Å². The molecular formula is C40H32N2. The third-order valence-corrected chi connectivity index (χ3v) is 9.32. The van der Waals surface area contributed by atoms with Crippen molar-refractivity contribution in [1.29, 1.82) is 0 Å². The largest absolute Gasteiger partial charge is 0.228 e. The van der Waals surface area contributed by atoms with Crippen molar-refractivity contribution >= 4 is 0 Å². The van der Waals surface area contributed by atoms with Crippen LogP contribution < -0.4 is 0 Å². The van der Waals surface area contributed by atoms with Gasteiger partial charge in [-0.15, -0.1) is 0 Å². The number of benzene rings is 5. The van der Waals surface area contributed by atoms with Gasteiger partial charge in [0.25, 0.3) is 0 Å². The molecule has 0 radical (unpaired) electrons. The van der Waals surface area contributed by atoms with Gasteiger partial charge in [-0.25, -0.2) is 9.97 Å². The van der Waals surface area contributed by atoms with E-state index in [1.165, 1.54) is 65.5 Å². The van der Waals surface area contributed by atoms with Crippen molar-refractivity contribution in [3.8, 4) is 56.2 Å². The minimum atomic E-state index is 0.169. The highest BCUT2D eigenvalue weighted by Gasteiger charge is 2.44. The first-order valence-corrected chi connectivity index (χ1v) is 15.1. The fourth-order valence-corrected chi connectivity index (χ4v) is 7.33. The standard InChI is InChI=1S/C40H32N2/c1-4-13-29(14-5-1)36-27-37(42-39(41-36)31-15-6-2-7-16-31)30-23-21-28(22-24-30)32-18-12-20-35-38(32)33-17-8-9-19-34(33)40(35)25-10-3-11-26-40/h1-2,4-9,12-24,27H,3,10-11,25-26H2. The van der Waals surface area contributed by atoms with E-state index in [4.69, 9.17) is 9.97 Å². The summed E-state index contributed by atoms with van der Waals surface area (Å²) in [5.74, 6) is 0.742. The third kappa shape index (κ3) is 4.10. The average Bonchev–Trinajstić information content (AvgIpc) is 3.35. The summed E-state index contributed by atoms with van der Waals surface area (Å²) in [5, 5.41) is 0. The lowest BCUT2D eigenvalue weighted by Crippen LogP contribution is -2.27. The molecule has 1 saturated carbocycles. The number of rotatable bonds is 4. The fraction of sp³-hybridized carbons (Fsp3) is 0.150. The third-order valence-electron chi connectivity index (χ3n) is 9.32. The van der Waals surface area contributed by atoms with Crippen LogP contribution >= 0.6 is 0 Å². The number of fused-ring (bicyclic) bond motifs is 5. The minimum Gasteiger partial charge on any atom is -0.228 e. The Morgan fingerprint density at radius 1 is 0.429 bits per heavy atom. The molecule has 0 amide bonds. The second kappa shape index (κ2) is 10.2. The molecule has 8 rings (SSSR count). The second-order valence-electron chi connectivity index (χ2n) is 11.7. The Bertz CT molecular complexity index is 1830. The highest BCUT2D eigenvalue weighted by molar-refractivity contribution is 5.93. The van der Waals surface area contributed by atoms with E-state index >= 15 is 0 Å². The Labute approximate surface area is 247 Å². The van der Waals surface area contributed by atoms with Crippen LogP contribution in [-0.4, -0.2) is 9.97 Å². The van der Waals surface area contributed by atoms with Crippen LogP contribution in [0.25, 0.3) is 56.2 Å². The Hall–Kier alpha value is -4.82. The molecule has 42 heavy (non-hydrogen) atoms. The smallest absolute Gasteiger partial charge is 0.160 e. The van der Waals surface area contributed by atoms with Gasteiger partial charge in [0.1, 0.15) is 0 Å². The lowest BCUT2D eigenvalue weighted by atomic mass is 9.68. The normalized spacial score (nSPS) is 14.9. The molecule has 2 aliphatic rings. The van der Waals surface area contributed by atoms with Crippen molar-refractivity contribution in [2.45, 2.75) is 37.5 Å². The maximum absolute atomic E-state index is 5.04. The van der Waals surface area contributed by atoms with E-state index in [1.807, 2.05) is 24.3 Å². The molecule has 2 aliphatic carbocycles. The van der Waals surface area contributed by atoms with E-state index in [0.717, 1.165) is 33.9 Å². The molecule has 0 aliphatic heterocycles. The van der Waals surface area contributed by atoms with Crippen LogP contribution in [0.1, 0.15) is 43.2 Å². The van der Waals surface area contributed by atoms with Crippen LogP contribution in [0.4, 0.5) is 0 Å². The summed E-state index contributed by atoms with van der Waals surface area (Å²) in [4.78, 5) is 9.99. The van der Waals surface area contributed by atoms with Crippen LogP contribution in [0, 0.1) is 0 Å². The van der Waals surface area contributed by atoms with Crippen LogP contribution in [0.15, 0.2) is 133 Å². The Kier molecular flexibility index (Phi) is 6.07. The van der Waals surface area contributed by atoms with Crippen molar-refractivity contribution in [1.82, 2.24) is 9.97 Å². The zero-order chi connectivity index (χ0) is 27.9. The first-order valence-electron chi connectivity index (χ1n) is 15.1. The highest BCUT2D eigenvalue weighted by atomic mass is 14.9. The predicted molar refractivity (Wildman–Crippen MR) is 173 cm³/mol. The molecular weight excluding hydrogens is 508 g/mol. The van der Waals surface area contributed by atoms with Gasteiger partial charge < -0.3 is 0 Å². The molecule has 1 spiro atoms. The second-order valence-corrected chi connectivity index (χ2v) is 11.7. The molecule has 0 bridgehead atoms. The number of hydrogen-bond acceptors (Lipinski definition) is 2. The van der Waals surface area contributed by atoms with Crippen molar-refractivity contribution < 1.29 is 0 Å². The van der Waals surface area contributed by atoms with Gasteiger partial charge in [-0.1, -0.05) is 147 Å². The van der Waals surface area contributed by atoms with Gasteiger partial charge >= 0.3 is 0 Å². The molecule has 0 atom stereocenters. The maximum atomic E-state index is 5.04. The summed E-state index contributed by atoms with van der Waals surface area (Å²) in [6.07, 6.45) is 6.46. The Morgan fingerprint density at radius 2 is 0.976 bits per heavy atom. The molecule has 202 valence electrons. The van der Waals surface area contributed by atoms with Gasteiger partial charge in [-0.2, -0.15) is 0 Å². The summed E-state index contributed by atoms with van der Waals surface area (Å²) in [6, 6.07) is 47.8. The van der Waals surface area contributed by atoms with E-state index in [1.54, 1.807) is 0 Å². The van der Waals surface area contributed by atoms with Crippen LogP contribution in [-0.2, 0) is 5.41 Å². The molecule has 1 heterocycles. The van der Waals surface area contributed by atoms with Gasteiger partial charge in [0.05, 0.1) is 11.4 Å². The van der Waals surface area contributed by atoms with E-state index in [0.29, 0.717) is 0 Å². The van der Waals surface area contributed by atoms with Gasteiger partial charge in [0.2, 0.25) is 0 Å². The average molecular weight is 541 g/mol. The zero-order valence-electron chi connectivity index (χ0n) is 23.6. The zero-order valence-corrected chi connectivity index (χ0v) is 23.6. The van der Waals surface area contributed by atoms with Gasteiger partial charge in [-0.05, 0) is 52.3 Å². The first kappa shape index (κ1) is 24.9. The predicted octanol–water partition coefficient (Wildman–Crippen LogP) is 10.4. The monoisotopic (exact) mass is 540 g/mol. The summed E-state index contributed by atoms with van der Waals surface area (Å²) in [6.45, 7) is 0. The molecule has 0 saturated heterocycles. The molecule has 2 heteroatoms. The van der Waals surface area contributed by atoms with Crippen molar-refractivity contribution in [3.05, 3.63) is 145 Å². The summed E-state index contributed by atoms with van der Waals surface area (Å²) < 4.78 is 0. The Morgan fingerprint density at radius 3 is 1.69 bits per heavy atom. The Balaban J connectivity index is 1.23. The van der Waals surface area contributed by atoms with Gasteiger partial charge in [-0.3, -0.25) is 0 Å². The van der Waals surface area contributed by atoms with E-state index in [-0.39, 0.29) is 5.41 Å². The number of hydrogen-bond donors (Lipinski definition) is 0. The van der Waals surface area contributed by atoms with E-state index in [2.05, 4.69) is 109 Å². The minimum absolute atomic E-state index is 0.169. The van der Waals surface area contributed by atoms with Crippen molar-refractivity contribution in [2.24, 2.45) is 0 Å². The topological polar surface area (TPSA) is 25.8 Å². The molecule has 2 nitrogen and oxygen atoms in total.